The van der Waals surface area contributed by atoms with E-state index < -0.39 is 39.9 Å². The van der Waals surface area contributed by atoms with Crippen LogP contribution in [0.5, 0.6) is 5.75 Å². The molecule has 3 aliphatic heterocycles. The number of thioether (sulfide) groups is 1. The highest BCUT2D eigenvalue weighted by atomic mass is 32.2. The summed E-state index contributed by atoms with van der Waals surface area (Å²) in [7, 11) is 0.879. The lowest BCUT2D eigenvalue weighted by Gasteiger charge is -2.47. The summed E-state index contributed by atoms with van der Waals surface area (Å²) in [6.07, 6.45) is 0.545. The number of hydrogen-bond donors (Lipinski definition) is 3. The first-order valence-electron chi connectivity index (χ1n) is 12.4. The summed E-state index contributed by atoms with van der Waals surface area (Å²) in [5.41, 5.74) is 0.741. The van der Waals surface area contributed by atoms with Crippen molar-refractivity contribution in [2.24, 2.45) is 11.8 Å². The highest BCUT2D eigenvalue weighted by Gasteiger charge is 2.60. The van der Waals surface area contributed by atoms with Gasteiger partial charge in [-0.05, 0) is 31.9 Å². The smallest absolute Gasteiger partial charge is 0.353 e. The van der Waals surface area contributed by atoms with Gasteiger partial charge in [0.05, 0.1) is 30.0 Å². The first kappa shape index (κ1) is 28.4. The average molecular weight is 567 g/mol. The van der Waals surface area contributed by atoms with Crippen LogP contribution in [-0.2, 0) is 24.4 Å². The van der Waals surface area contributed by atoms with E-state index in [2.05, 4.69) is 10.0 Å². The van der Waals surface area contributed by atoms with Gasteiger partial charge < -0.3 is 25.0 Å². The van der Waals surface area contributed by atoms with Crippen LogP contribution in [0.2, 0.25) is 0 Å². The van der Waals surface area contributed by atoms with Crippen molar-refractivity contribution in [3.05, 3.63) is 34.4 Å². The Bertz CT molecular complexity index is 1300. The van der Waals surface area contributed by atoms with E-state index in [1.165, 1.54) is 40.8 Å². The molecule has 11 nitrogen and oxygen atoms in total. The molecule has 13 heteroatoms. The zero-order valence-corrected chi connectivity index (χ0v) is 23.9. The molecule has 38 heavy (non-hydrogen) atoms. The number of methoxy groups -OCH3 is 1. The van der Waals surface area contributed by atoms with Gasteiger partial charge in [0, 0.05) is 48.8 Å². The van der Waals surface area contributed by atoms with E-state index in [1.807, 2.05) is 6.92 Å². The van der Waals surface area contributed by atoms with Gasteiger partial charge in [0.25, 0.3) is 0 Å². The second-order valence-electron chi connectivity index (χ2n) is 10.2. The quantitative estimate of drug-likeness (QED) is 0.373. The summed E-state index contributed by atoms with van der Waals surface area (Å²) in [6, 6.07) is 2.97. The molecule has 2 saturated heterocycles. The molecule has 0 saturated carbocycles. The molecular formula is C25H34N4O7S2. The first-order valence-corrected chi connectivity index (χ1v) is 14.7. The third-order valence-corrected chi connectivity index (χ3v) is 10.6. The number of nitrogens with one attached hydrogen (secondary N) is 2. The van der Waals surface area contributed by atoms with Gasteiger partial charge in [0.15, 0.2) is 0 Å². The molecule has 3 aliphatic rings. The van der Waals surface area contributed by atoms with E-state index in [0.717, 1.165) is 5.56 Å². The largest absolute Gasteiger partial charge is 0.496 e. The number of sulfonamides is 1. The molecule has 1 unspecified atom stereocenters. The number of amides is 2. The van der Waals surface area contributed by atoms with Crippen molar-refractivity contribution in [2.75, 3.05) is 27.7 Å². The number of aryl methyl sites for hydroxylation is 1. The molecule has 3 heterocycles. The summed E-state index contributed by atoms with van der Waals surface area (Å²) in [4.78, 5) is 41.2. The Hall–Kier alpha value is -2.61. The molecule has 4 rings (SSSR count). The maximum absolute atomic E-state index is 13.2. The molecule has 1 aromatic carbocycles. The van der Waals surface area contributed by atoms with Crippen LogP contribution in [0.3, 0.4) is 0 Å². The number of rotatable bonds is 9. The number of carboxylic acids is 1. The number of β-lactam (4-membered cyclic amide) rings is 1. The highest BCUT2D eigenvalue weighted by Crippen LogP contribution is 2.52. The number of carbonyl (C=O) groups excluding carboxylic acids is 2. The van der Waals surface area contributed by atoms with Crippen LogP contribution >= 0.6 is 11.8 Å². The third kappa shape index (κ3) is 4.92. The zero-order valence-electron chi connectivity index (χ0n) is 22.2. The van der Waals surface area contributed by atoms with Crippen molar-refractivity contribution in [1.82, 2.24) is 19.8 Å². The number of benzene rings is 1. The fraction of sp³-hybridized carbons (Fsp3) is 0.560. The molecule has 0 aromatic heterocycles. The highest BCUT2D eigenvalue weighted by molar-refractivity contribution is 8.03. The van der Waals surface area contributed by atoms with Crippen LogP contribution in [0, 0.1) is 18.8 Å². The number of ether oxygens (including phenoxy) is 1. The average Bonchev–Trinajstić information content (AvgIpc) is 3.40. The number of hydrogen-bond acceptors (Lipinski definition) is 8. The number of likely N-dealkylation sites (N-methyl/N-ethyl adjacent to an activating group) is 1. The summed E-state index contributed by atoms with van der Waals surface area (Å²) in [5, 5.41) is 13.2. The minimum Gasteiger partial charge on any atom is -0.496 e. The van der Waals surface area contributed by atoms with Crippen LogP contribution < -0.4 is 14.8 Å². The van der Waals surface area contributed by atoms with Gasteiger partial charge in [-0.25, -0.2) is 17.9 Å². The Morgan fingerprint density at radius 2 is 2.00 bits per heavy atom. The Morgan fingerprint density at radius 3 is 2.61 bits per heavy atom. The zero-order chi connectivity index (χ0) is 28.1. The summed E-state index contributed by atoms with van der Waals surface area (Å²) < 4.78 is 34.1. The van der Waals surface area contributed by atoms with Gasteiger partial charge in [-0.2, -0.15) is 0 Å². The number of fused-ring (bicyclic) bond motifs is 1. The lowest BCUT2D eigenvalue weighted by atomic mass is 9.78. The molecule has 0 aliphatic carbocycles. The van der Waals surface area contributed by atoms with E-state index >= 15 is 0 Å². The van der Waals surface area contributed by atoms with Crippen molar-refractivity contribution < 1.29 is 32.6 Å². The van der Waals surface area contributed by atoms with E-state index in [4.69, 9.17) is 4.74 Å². The van der Waals surface area contributed by atoms with Gasteiger partial charge in [0.2, 0.25) is 21.8 Å². The third-order valence-electron chi connectivity index (χ3n) is 7.48. The first-order chi connectivity index (χ1) is 17.8. The molecule has 6 atom stereocenters. The molecule has 2 amide bonds. The van der Waals surface area contributed by atoms with Crippen LogP contribution in [0.1, 0.15) is 25.8 Å². The fourth-order valence-corrected chi connectivity index (χ4v) is 8.28. The van der Waals surface area contributed by atoms with Crippen molar-refractivity contribution in [1.29, 1.82) is 0 Å². The molecule has 3 N–H and O–H groups in total. The van der Waals surface area contributed by atoms with Gasteiger partial charge in [0.1, 0.15) is 11.4 Å². The maximum Gasteiger partial charge on any atom is 0.353 e. The Labute approximate surface area is 227 Å². The second-order valence-corrected chi connectivity index (χ2v) is 13.3. The standard InChI is InChI=1S/C25H34N4O7S2/c1-12-7-8-16(10-18(12)36-6)38(34,35)27-14(3)19-20-13(2)22(21(25(32)33)29(20)24(19)31)37-15-9-17(26-11-15)23(30)28(4)5/h7-8,10,13-15,17,19-20,26-27H,9,11H2,1-6H3,(H,32,33)/t13-,14-,15+,17+,19-,20?/m1/s1. The monoisotopic (exact) mass is 566 g/mol. The van der Waals surface area contributed by atoms with E-state index in [0.29, 0.717) is 23.6 Å². The molecule has 0 spiro atoms. The SMILES string of the molecule is COc1cc(S(=O)(=O)N[C@H](C)[C@H]2C(=O)N3C(C(=O)O)=C(S[C@@H]4CN[C@H](C(=O)N(C)C)C4)[C@H](C)C23)ccc1C. The normalized spacial score (nSPS) is 27.7. The van der Waals surface area contributed by atoms with Crippen molar-refractivity contribution in [3.8, 4) is 5.75 Å². The van der Waals surface area contributed by atoms with Crippen molar-refractivity contribution in [3.63, 3.8) is 0 Å². The van der Waals surface area contributed by atoms with Crippen LogP contribution in [0.25, 0.3) is 0 Å². The number of aliphatic carboxylic acids is 1. The molecule has 1 aromatic rings. The fourth-order valence-electron chi connectivity index (χ4n) is 5.52. The van der Waals surface area contributed by atoms with Crippen molar-refractivity contribution >= 4 is 39.6 Å². The Morgan fingerprint density at radius 1 is 1.32 bits per heavy atom. The number of nitrogens with zero attached hydrogens (tertiary/aromatic N) is 2. The van der Waals surface area contributed by atoms with Crippen molar-refractivity contribution in [2.45, 2.75) is 55.5 Å². The van der Waals surface area contributed by atoms with Gasteiger partial charge in [-0.1, -0.05) is 13.0 Å². The minimum atomic E-state index is -3.96. The van der Waals surface area contributed by atoms with Gasteiger partial charge >= 0.3 is 5.97 Å². The molecule has 0 radical (unpaired) electrons. The summed E-state index contributed by atoms with van der Waals surface area (Å²) in [6.45, 7) is 5.83. The topological polar surface area (TPSA) is 145 Å². The molecule has 208 valence electrons. The molecule has 2 fully saturated rings. The van der Waals surface area contributed by atoms with Crippen LogP contribution in [-0.4, -0.2) is 92.2 Å². The molecular weight excluding hydrogens is 532 g/mol. The summed E-state index contributed by atoms with van der Waals surface area (Å²) in [5.74, 6) is -2.24. The van der Waals surface area contributed by atoms with Crippen LogP contribution in [0.4, 0.5) is 0 Å². The summed E-state index contributed by atoms with van der Waals surface area (Å²) >= 11 is 1.39. The lowest BCUT2D eigenvalue weighted by Crippen LogP contribution is -2.66. The van der Waals surface area contributed by atoms with Gasteiger partial charge in [-0.3, -0.25) is 9.59 Å². The minimum absolute atomic E-state index is 0.0195. The van der Waals surface area contributed by atoms with E-state index in [-0.39, 0.29) is 33.7 Å². The number of carboxylic acid groups (broad SMARTS) is 1. The number of carbonyl (C=O) groups is 3. The Balaban J connectivity index is 1.51. The molecule has 0 bridgehead atoms. The maximum atomic E-state index is 13.2. The van der Waals surface area contributed by atoms with Gasteiger partial charge in [-0.15, -0.1) is 11.8 Å². The predicted molar refractivity (Wildman–Crippen MR) is 142 cm³/mol. The predicted octanol–water partition coefficient (Wildman–Crippen LogP) is 0.995. The van der Waals surface area contributed by atoms with E-state index in [1.54, 1.807) is 34.0 Å². The lowest BCUT2D eigenvalue weighted by molar-refractivity contribution is -0.157. The second kappa shape index (κ2) is 10.5. The Kier molecular flexibility index (Phi) is 7.86. The van der Waals surface area contributed by atoms with Crippen LogP contribution in [0.15, 0.2) is 33.7 Å². The van der Waals surface area contributed by atoms with E-state index in [9.17, 15) is 27.9 Å².